The van der Waals surface area contributed by atoms with Crippen molar-refractivity contribution >= 4 is 5.82 Å². The number of aromatic nitrogens is 2. The number of aliphatic hydroxyl groups excluding tert-OH is 1. The van der Waals surface area contributed by atoms with E-state index in [0.29, 0.717) is 6.54 Å². The second kappa shape index (κ2) is 3.22. The Balaban J connectivity index is 2.42. The fourth-order valence-corrected chi connectivity index (χ4v) is 0.688. The molecule has 1 heterocycles. The number of aryl methyl sites for hydroxylation is 1. The summed E-state index contributed by atoms with van der Waals surface area (Å²) >= 11 is 0. The zero-order valence-corrected chi connectivity index (χ0v) is 5.91. The molecule has 4 heteroatoms. The Labute approximate surface area is 59.5 Å². The van der Waals surface area contributed by atoms with Gasteiger partial charge in [-0.3, -0.25) is 0 Å². The molecule has 56 valence electrons. The number of rotatable bonds is 3. The number of anilines is 1. The Morgan fingerprint density at radius 1 is 1.80 bits per heavy atom. The summed E-state index contributed by atoms with van der Waals surface area (Å²) in [6.45, 7) is 0.688. The van der Waals surface area contributed by atoms with Crippen LogP contribution in [0.4, 0.5) is 5.82 Å². The SMILES string of the molecule is Cn1cnc(NCCO)c1. The molecular formula is C6H11N3O. The molecule has 0 radical (unpaired) electrons. The fourth-order valence-electron chi connectivity index (χ4n) is 0.688. The molecule has 0 bridgehead atoms. The molecular weight excluding hydrogens is 130 g/mol. The van der Waals surface area contributed by atoms with Crippen molar-refractivity contribution in [1.82, 2.24) is 9.55 Å². The largest absolute Gasteiger partial charge is 0.395 e. The molecule has 0 unspecified atom stereocenters. The number of imidazole rings is 1. The smallest absolute Gasteiger partial charge is 0.144 e. The summed E-state index contributed by atoms with van der Waals surface area (Å²) in [5, 5.41) is 11.4. The fraction of sp³-hybridized carbons (Fsp3) is 0.500. The molecule has 1 rings (SSSR count). The molecule has 1 aromatic heterocycles. The van der Waals surface area contributed by atoms with Crippen LogP contribution in [-0.4, -0.2) is 27.8 Å². The Bertz CT molecular complexity index is 197. The molecule has 0 saturated carbocycles. The van der Waals surface area contributed by atoms with Crippen molar-refractivity contribution in [2.75, 3.05) is 18.5 Å². The number of nitrogens with one attached hydrogen (secondary N) is 1. The highest BCUT2D eigenvalue weighted by molar-refractivity contribution is 5.30. The normalized spacial score (nSPS) is 9.80. The van der Waals surface area contributed by atoms with Gasteiger partial charge < -0.3 is 15.0 Å². The Kier molecular flexibility index (Phi) is 2.28. The van der Waals surface area contributed by atoms with Crippen molar-refractivity contribution in [2.24, 2.45) is 7.05 Å². The van der Waals surface area contributed by atoms with Crippen LogP contribution >= 0.6 is 0 Å². The van der Waals surface area contributed by atoms with Gasteiger partial charge in [0.1, 0.15) is 5.82 Å². The molecule has 0 aliphatic heterocycles. The van der Waals surface area contributed by atoms with Gasteiger partial charge in [-0.2, -0.15) is 0 Å². The number of hydrogen-bond donors (Lipinski definition) is 2. The molecule has 0 saturated heterocycles. The highest BCUT2D eigenvalue weighted by Gasteiger charge is 1.91. The Hall–Kier alpha value is -1.03. The Morgan fingerprint density at radius 2 is 2.60 bits per heavy atom. The molecule has 1 aromatic rings. The van der Waals surface area contributed by atoms with Crippen LogP contribution in [0, 0.1) is 0 Å². The van der Waals surface area contributed by atoms with E-state index in [9.17, 15) is 0 Å². The van der Waals surface area contributed by atoms with Crippen LogP contribution in [0.5, 0.6) is 0 Å². The van der Waals surface area contributed by atoms with E-state index in [-0.39, 0.29) is 6.61 Å². The maximum atomic E-state index is 8.44. The van der Waals surface area contributed by atoms with Crippen molar-refractivity contribution in [3.8, 4) is 0 Å². The molecule has 10 heavy (non-hydrogen) atoms. The van der Waals surface area contributed by atoms with Crippen LogP contribution in [0.15, 0.2) is 12.5 Å². The van der Waals surface area contributed by atoms with E-state index in [1.54, 1.807) is 6.33 Å². The number of aliphatic hydroxyl groups is 1. The standard InChI is InChI=1S/C6H11N3O/c1-9-4-6(8-5-9)7-2-3-10/h4-5,7,10H,2-3H2,1H3. The van der Waals surface area contributed by atoms with Crippen molar-refractivity contribution in [3.63, 3.8) is 0 Å². The molecule has 2 N–H and O–H groups in total. The predicted molar refractivity (Wildman–Crippen MR) is 38.8 cm³/mol. The molecule has 0 amide bonds. The molecule has 0 fully saturated rings. The van der Waals surface area contributed by atoms with Gasteiger partial charge >= 0.3 is 0 Å². The van der Waals surface area contributed by atoms with Crippen LogP contribution in [0.25, 0.3) is 0 Å². The van der Waals surface area contributed by atoms with Crippen molar-refractivity contribution in [3.05, 3.63) is 12.5 Å². The minimum atomic E-state index is 0.135. The quantitative estimate of drug-likeness (QED) is 0.614. The first kappa shape index (κ1) is 7.08. The predicted octanol–water partition coefficient (Wildman–Crippen LogP) is -0.176. The average Bonchev–Trinajstić information content (AvgIpc) is 2.31. The number of nitrogens with zero attached hydrogens (tertiary/aromatic N) is 2. The zero-order valence-electron chi connectivity index (χ0n) is 5.91. The monoisotopic (exact) mass is 141 g/mol. The van der Waals surface area contributed by atoms with Crippen molar-refractivity contribution in [1.29, 1.82) is 0 Å². The van der Waals surface area contributed by atoms with E-state index in [2.05, 4.69) is 10.3 Å². The highest BCUT2D eigenvalue weighted by Crippen LogP contribution is 1.98. The van der Waals surface area contributed by atoms with Gasteiger partial charge in [0.15, 0.2) is 0 Å². The average molecular weight is 141 g/mol. The molecule has 4 nitrogen and oxygen atoms in total. The van der Waals surface area contributed by atoms with Crippen LogP contribution in [0.3, 0.4) is 0 Å². The van der Waals surface area contributed by atoms with E-state index in [1.165, 1.54) is 0 Å². The van der Waals surface area contributed by atoms with Crippen LogP contribution in [-0.2, 0) is 7.05 Å². The molecule has 0 aliphatic rings. The lowest BCUT2D eigenvalue weighted by Gasteiger charge is -1.96. The lowest BCUT2D eigenvalue weighted by Crippen LogP contribution is -2.05. The maximum absolute atomic E-state index is 8.44. The molecule has 0 aliphatic carbocycles. The topological polar surface area (TPSA) is 50.1 Å². The van der Waals surface area contributed by atoms with Gasteiger partial charge in [-0.1, -0.05) is 0 Å². The summed E-state index contributed by atoms with van der Waals surface area (Å²) in [5.41, 5.74) is 0. The minimum Gasteiger partial charge on any atom is -0.395 e. The summed E-state index contributed by atoms with van der Waals surface area (Å²) in [6, 6.07) is 0. The van der Waals surface area contributed by atoms with Crippen LogP contribution in [0.2, 0.25) is 0 Å². The lowest BCUT2D eigenvalue weighted by molar-refractivity contribution is 0.311. The third-order valence-corrected chi connectivity index (χ3v) is 1.12. The second-order valence-corrected chi connectivity index (χ2v) is 2.07. The number of hydrogen-bond acceptors (Lipinski definition) is 3. The summed E-state index contributed by atoms with van der Waals surface area (Å²) in [6.07, 6.45) is 3.56. The van der Waals surface area contributed by atoms with Crippen molar-refractivity contribution < 1.29 is 5.11 Å². The third kappa shape index (κ3) is 1.73. The summed E-state index contributed by atoms with van der Waals surface area (Å²) in [4.78, 5) is 3.99. The summed E-state index contributed by atoms with van der Waals surface area (Å²) in [7, 11) is 1.90. The van der Waals surface area contributed by atoms with E-state index >= 15 is 0 Å². The van der Waals surface area contributed by atoms with Gasteiger partial charge in [-0.05, 0) is 0 Å². The van der Waals surface area contributed by atoms with Gasteiger partial charge in [0, 0.05) is 19.8 Å². The van der Waals surface area contributed by atoms with Gasteiger partial charge in [0.25, 0.3) is 0 Å². The maximum Gasteiger partial charge on any atom is 0.144 e. The molecule has 0 atom stereocenters. The van der Waals surface area contributed by atoms with Crippen LogP contribution < -0.4 is 5.32 Å². The highest BCUT2D eigenvalue weighted by atomic mass is 16.3. The van der Waals surface area contributed by atoms with Crippen molar-refractivity contribution in [2.45, 2.75) is 0 Å². The van der Waals surface area contributed by atoms with Gasteiger partial charge in [-0.15, -0.1) is 0 Å². The van der Waals surface area contributed by atoms with E-state index in [4.69, 9.17) is 5.11 Å². The second-order valence-electron chi connectivity index (χ2n) is 2.07. The van der Waals surface area contributed by atoms with E-state index < -0.39 is 0 Å². The van der Waals surface area contributed by atoms with Crippen LogP contribution in [0.1, 0.15) is 0 Å². The first-order valence-corrected chi connectivity index (χ1v) is 3.15. The summed E-state index contributed by atoms with van der Waals surface area (Å²) < 4.78 is 1.85. The van der Waals surface area contributed by atoms with Gasteiger partial charge in [0.2, 0.25) is 0 Å². The van der Waals surface area contributed by atoms with Gasteiger partial charge in [0.05, 0.1) is 12.9 Å². The molecule has 0 spiro atoms. The Morgan fingerprint density at radius 3 is 3.10 bits per heavy atom. The molecule has 0 aromatic carbocycles. The van der Waals surface area contributed by atoms with E-state index in [1.807, 2.05) is 17.8 Å². The third-order valence-electron chi connectivity index (χ3n) is 1.12. The van der Waals surface area contributed by atoms with E-state index in [0.717, 1.165) is 5.82 Å². The first-order valence-electron chi connectivity index (χ1n) is 3.15. The zero-order chi connectivity index (χ0) is 7.40. The lowest BCUT2D eigenvalue weighted by atomic mass is 10.6. The summed E-state index contributed by atoms with van der Waals surface area (Å²) in [5.74, 6) is 0.802. The first-order chi connectivity index (χ1) is 4.83. The minimum absolute atomic E-state index is 0.135. The van der Waals surface area contributed by atoms with Gasteiger partial charge in [-0.25, -0.2) is 4.98 Å².